The highest BCUT2D eigenvalue weighted by Crippen LogP contribution is 2.15. The number of nitrogens with two attached hydrogens (primary N) is 1. The first-order chi connectivity index (χ1) is 7.61. The van der Waals surface area contributed by atoms with E-state index in [2.05, 4.69) is 28.7 Å². The van der Waals surface area contributed by atoms with Gasteiger partial charge >= 0.3 is 0 Å². The minimum atomic E-state index is -0.0317. The van der Waals surface area contributed by atoms with Gasteiger partial charge in [-0.1, -0.05) is 0 Å². The van der Waals surface area contributed by atoms with Gasteiger partial charge in [-0.05, 0) is 13.8 Å². The molecule has 88 valence electrons. The number of hydrogen-bond donors (Lipinski definition) is 2. The summed E-state index contributed by atoms with van der Waals surface area (Å²) in [5.74, 6) is 0.585. The summed E-state index contributed by atoms with van der Waals surface area (Å²) in [6.07, 6.45) is 0.838. The highest BCUT2D eigenvalue weighted by Gasteiger charge is 2.22. The summed E-state index contributed by atoms with van der Waals surface area (Å²) in [5.41, 5.74) is 7.17. The number of aromatic nitrogens is 2. The van der Waals surface area contributed by atoms with Crippen molar-refractivity contribution in [3.8, 4) is 0 Å². The third-order valence-electron chi connectivity index (χ3n) is 3.07. The Morgan fingerprint density at radius 3 is 2.94 bits per heavy atom. The summed E-state index contributed by atoms with van der Waals surface area (Å²) in [6.45, 7) is 6.23. The largest absolute Gasteiger partial charge is 0.324 e. The minimum Gasteiger partial charge on any atom is -0.324 e. The molecule has 0 amide bonds. The molecule has 3 N–H and O–H groups in total. The monoisotopic (exact) mass is 222 g/mol. The summed E-state index contributed by atoms with van der Waals surface area (Å²) in [4.78, 5) is 21.2. The van der Waals surface area contributed by atoms with Gasteiger partial charge in [-0.2, -0.15) is 0 Å². The topological polar surface area (TPSA) is 75.0 Å². The van der Waals surface area contributed by atoms with Gasteiger partial charge in [-0.15, -0.1) is 0 Å². The van der Waals surface area contributed by atoms with E-state index in [1.165, 1.54) is 0 Å². The Balaban J connectivity index is 2.36. The second kappa shape index (κ2) is 4.35. The number of aromatic amines is 1. The number of rotatable bonds is 2. The quantitative estimate of drug-likeness (QED) is 0.738. The van der Waals surface area contributed by atoms with Crippen LogP contribution in [0.15, 0.2) is 4.79 Å². The number of fused-ring (bicyclic) bond motifs is 1. The fourth-order valence-electron chi connectivity index (χ4n) is 2.03. The predicted octanol–water partition coefficient (Wildman–Crippen LogP) is -0.00490. The smallest absolute Gasteiger partial charge is 0.255 e. The van der Waals surface area contributed by atoms with Gasteiger partial charge in [0.05, 0.1) is 17.8 Å². The lowest BCUT2D eigenvalue weighted by molar-refractivity contribution is 0.200. The van der Waals surface area contributed by atoms with E-state index in [1.807, 2.05) is 0 Å². The molecular formula is C11H18N4O. The number of nitrogens with zero attached hydrogens (tertiary/aromatic N) is 2. The van der Waals surface area contributed by atoms with Crippen LogP contribution < -0.4 is 11.3 Å². The molecule has 1 aromatic heterocycles. The van der Waals surface area contributed by atoms with Crippen molar-refractivity contribution in [2.45, 2.75) is 39.4 Å². The van der Waals surface area contributed by atoms with E-state index < -0.39 is 0 Å². The molecule has 0 radical (unpaired) electrons. The van der Waals surface area contributed by atoms with E-state index in [0.29, 0.717) is 18.4 Å². The Bertz CT molecular complexity index is 438. The molecule has 0 fully saturated rings. The van der Waals surface area contributed by atoms with Crippen molar-refractivity contribution in [2.75, 3.05) is 6.54 Å². The number of nitrogens with one attached hydrogen (secondary N) is 1. The third-order valence-corrected chi connectivity index (χ3v) is 3.07. The van der Waals surface area contributed by atoms with Gasteiger partial charge in [-0.25, -0.2) is 4.98 Å². The van der Waals surface area contributed by atoms with Crippen molar-refractivity contribution < 1.29 is 0 Å². The fraction of sp³-hybridized carbons (Fsp3) is 0.636. The summed E-state index contributed by atoms with van der Waals surface area (Å²) >= 11 is 0. The molecule has 1 aliphatic heterocycles. The zero-order valence-corrected chi connectivity index (χ0v) is 9.79. The molecule has 1 aromatic rings. The molecule has 16 heavy (non-hydrogen) atoms. The molecule has 0 unspecified atom stereocenters. The molecule has 0 saturated carbocycles. The summed E-state index contributed by atoms with van der Waals surface area (Å²) in [5, 5.41) is 0. The Kier molecular flexibility index (Phi) is 3.07. The zero-order valence-electron chi connectivity index (χ0n) is 9.79. The van der Waals surface area contributed by atoms with Crippen LogP contribution in [-0.2, 0) is 19.5 Å². The predicted molar refractivity (Wildman–Crippen MR) is 62.0 cm³/mol. The Morgan fingerprint density at radius 1 is 1.56 bits per heavy atom. The van der Waals surface area contributed by atoms with E-state index >= 15 is 0 Å². The minimum absolute atomic E-state index is 0.0317. The molecule has 1 aliphatic rings. The van der Waals surface area contributed by atoms with E-state index in [0.717, 1.165) is 24.2 Å². The first-order valence-electron chi connectivity index (χ1n) is 5.67. The molecule has 0 aromatic carbocycles. The van der Waals surface area contributed by atoms with Crippen LogP contribution in [0.5, 0.6) is 0 Å². The third kappa shape index (κ3) is 2.01. The lowest BCUT2D eigenvalue weighted by Gasteiger charge is -2.30. The van der Waals surface area contributed by atoms with Crippen LogP contribution in [0.4, 0.5) is 0 Å². The van der Waals surface area contributed by atoms with Crippen LogP contribution in [0.2, 0.25) is 0 Å². The summed E-state index contributed by atoms with van der Waals surface area (Å²) in [7, 11) is 0. The van der Waals surface area contributed by atoms with Crippen LogP contribution in [0.1, 0.15) is 30.9 Å². The summed E-state index contributed by atoms with van der Waals surface area (Å²) < 4.78 is 0. The van der Waals surface area contributed by atoms with Gasteiger partial charge in [-0.3, -0.25) is 9.69 Å². The average Bonchev–Trinajstić information content (AvgIpc) is 2.28. The Morgan fingerprint density at radius 2 is 2.31 bits per heavy atom. The van der Waals surface area contributed by atoms with Gasteiger partial charge < -0.3 is 10.7 Å². The maximum Gasteiger partial charge on any atom is 0.255 e. The normalized spacial score (nSPS) is 16.5. The van der Waals surface area contributed by atoms with Crippen molar-refractivity contribution in [1.29, 1.82) is 0 Å². The Labute approximate surface area is 94.7 Å². The van der Waals surface area contributed by atoms with E-state index in [-0.39, 0.29) is 12.1 Å². The van der Waals surface area contributed by atoms with E-state index in [9.17, 15) is 4.79 Å². The van der Waals surface area contributed by atoms with Crippen LogP contribution in [-0.4, -0.2) is 27.5 Å². The molecule has 0 atom stereocenters. The average molecular weight is 222 g/mol. The van der Waals surface area contributed by atoms with Crippen molar-refractivity contribution >= 4 is 0 Å². The Hall–Kier alpha value is -1.20. The second-order valence-electron chi connectivity index (χ2n) is 4.46. The molecule has 2 rings (SSSR count). The lowest BCUT2D eigenvalue weighted by Crippen LogP contribution is -2.39. The molecule has 0 bridgehead atoms. The lowest BCUT2D eigenvalue weighted by atomic mass is 10.1. The van der Waals surface area contributed by atoms with E-state index in [1.54, 1.807) is 0 Å². The first-order valence-corrected chi connectivity index (χ1v) is 5.67. The van der Waals surface area contributed by atoms with Gasteiger partial charge in [0.2, 0.25) is 0 Å². The molecule has 5 heteroatoms. The molecule has 0 aliphatic carbocycles. The highest BCUT2D eigenvalue weighted by molar-refractivity contribution is 5.21. The van der Waals surface area contributed by atoms with Gasteiger partial charge in [0.25, 0.3) is 5.56 Å². The van der Waals surface area contributed by atoms with Crippen LogP contribution >= 0.6 is 0 Å². The maximum absolute atomic E-state index is 11.8. The van der Waals surface area contributed by atoms with Gasteiger partial charge in [0.1, 0.15) is 5.82 Å². The van der Waals surface area contributed by atoms with E-state index in [4.69, 9.17) is 5.73 Å². The molecule has 0 spiro atoms. The molecule has 0 saturated heterocycles. The maximum atomic E-state index is 11.8. The number of H-pyrrole nitrogens is 1. The van der Waals surface area contributed by atoms with Gasteiger partial charge in [0.15, 0.2) is 0 Å². The van der Waals surface area contributed by atoms with Crippen molar-refractivity contribution in [3.05, 3.63) is 27.4 Å². The van der Waals surface area contributed by atoms with Crippen molar-refractivity contribution in [1.82, 2.24) is 14.9 Å². The van der Waals surface area contributed by atoms with Crippen LogP contribution in [0, 0.1) is 0 Å². The van der Waals surface area contributed by atoms with Gasteiger partial charge in [0, 0.05) is 25.6 Å². The first kappa shape index (κ1) is 11.3. The fourth-order valence-corrected chi connectivity index (χ4v) is 2.03. The molecule has 2 heterocycles. The number of hydrogen-bond acceptors (Lipinski definition) is 4. The highest BCUT2D eigenvalue weighted by atomic mass is 16.1. The molecular weight excluding hydrogens is 204 g/mol. The zero-order chi connectivity index (χ0) is 11.7. The standard InChI is InChI=1S/C11H18N4O/c1-7(2)15-4-3-9-8(6-15)11(16)14-10(5-12)13-9/h7H,3-6,12H2,1-2H3,(H,13,14,16). The van der Waals surface area contributed by atoms with Crippen molar-refractivity contribution in [2.24, 2.45) is 5.73 Å². The van der Waals surface area contributed by atoms with Crippen LogP contribution in [0.3, 0.4) is 0 Å². The van der Waals surface area contributed by atoms with Crippen molar-refractivity contribution in [3.63, 3.8) is 0 Å². The summed E-state index contributed by atoms with van der Waals surface area (Å²) in [6, 6.07) is 0.460. The second-order valence-corrected chi connectivity index (χ2v) is 4.46. The van der Waals surface area contributed by atoms with Crippen LogP contribution in [0.25, 0.3) is 0 Å². The molecule has 5 nitrogen and oxygen atoms in total. The SMILES string of the molecule is CC(C)N1CCc2nc(CN)[nH]c(=O)c2C1.